The van der Waals surface area contributed by atoms with Gasteiger partial charge in [-0.05, 0) is 51.6 Å². The molecule has 1 heterocycles. The first-order valence-electron chi connectivity index (χ1n) is 14.6. The second-order valence-corrected chi connectivity index (χ2v) is 10.2. The van der Waals surface area contributed by atoms with Crippen LogP contribution < -0.4 is 16.0 Å². The van der Waals surface area contributed by atoms with Crippen molar-refractivity contribution in [2.24, 2.45) is 0 Å². The lowest BCUT2D eigenvalue weighted by molar-refractivity contribution is -0.142. The van der Waals surface area contributed by atoms with Crippen molar-refractivity contribution in [3.63, 3.8) is 0 Å². The molecule has 240 valence electrons. The van der Waals surface area contributed by atoms with Crippen molar-refractivity contribution >= 4 is 35.6 Å². The number of rotatable bonds is 22. The minimum absolute atomic E-state index is 0.0799. The summed E-state index contributed by atoms with van der Waals surface area (Å²) >= 11 is 0. The van der Waals surface area contributed by atoms with Crippen molar-refractivity contribution in [3.8, 4) is 0 Å². The molecular weight excluding hydrogens is 550 g/mol. The van der Waals surface area contributed by atoms with E-state index in [1.165, 1.54) is 21.3 Å². The monoisotopic (exact) mass is 599 g/mol. The average Bonchev–Trinajstić information content (AvgIpc) is 2.99. The number of carbonyl (C=O) groups excluding carboxylic acids is 6. The molecule has 1 saturated heterocycles. The maximum Gasteiger partial charge on any atom is 0.306 e. The first-order valence-corrected chi connectivity index (χ1v) is 14.6. The normalized spacial score (nSPS) is 16.5. The largest absolute Gasteiger partial charge is 0.469 e. The SMILES string of the molecule is CNC(=O)CCN(CCCCC1NC(=O)C(CCCCN(CCC(=O)OC)CCC(=O)OC)NC1=O)CCC(=O)OC. The molecule has 1 rings (SSSR count). The number of methoxy groups -OCH3 is 3. The molecule has 14 heteroatoms. The highest BCUT2D eigenvalue weighted by atomic mass is 16.5. The van der Waals surface area contributed by atoms with Crippen molar-refractivity contribution in [2.75, 3.05) is 67.6 Å². The van der Waals surface area contributed by atoms with Crippen LogP contribution in [0.25, 0.3) is 0 Å². The zero-order valence-electron chi connectivity index (χ0n) is 25.5. The van der Waals surface area contributed by atoms with Crippen LogP contribution in [0.3, 0.4) is 0 Å². The standard InChI is InChI=1S/C28H49N5O9/c1-29-23(34)11-17-32(18-12-24(35)40-2)15-7-5-9-21-27(38)31-22(28(39)30-21)10-6-8-16-33(19-13-25(36)41-3)20-14-26(37)42-4/h21-22H,5-20H2,1-4H3,(H,29,34)(H,30,39)(H,31,38). The fraction of sp³-hybridized carbons (Fsp3) is 0.786. The van der Waals surface area contributed by atoms with Crippen molar-refractivity contribution in [3.05, 3.63) is 0 Å². The van der Waals surface area contributed by atoms with Gasteiger partial charge in [-0.1, -0.05) is 0 Å². The Morgan fingerprint density at radius 1 is 0.619 bits per heavy atom. The summed E-state index contributed by atoms with van der Waals surface area (Å²) in [6.45, 7) is 3.15. The van der Waals surface area contributed by atoms with Crippen molar-refractivity contribution in [1.82, 2.24) is 25.8 Å². The van der Waals surface area contributed by atoms with E-state index in [2.05, 4.69) is 16.0 Å². The molecule has 42 heavy (non-hydrogen) atoms. The summed E-state index contributed by atoms with van der Waals surface area (Å²) in [7, 11) is 5.57. The van der Waals surface area contributed by atoms with Crippen LogP contribution in [0.4, 0.5) is 0 Å². The Labute approximate surface area is 248 Å². The Morgan fingerprint density at radius 3 is 1.31 bits per heavy atom. The Morgan fingerprint density at radius 2 is 0.976 bits per heavy atom. The second kappa shape index (κ2) is 21.4. The fourth-order valence-electron chi connectivity index (χ4n) is 4.56. The third-order valence-corrected chi connectivity index (χ3v) is 7.21. The Hall–Kier alpha value is -3.26. The number of amides is 3. The molecule has 2 atom stereocenters. The van der Waals surface area contributed by atoms with Gasteiger partial charge < -0.3 is 40.0 Å². The third-order valence-electron chi connectivity index (χ3n) is 7.21. The average molecular weight is 600 g/mol. The molecule has 0 radical (unpaired) electrons. The van der Waals surface area contributed by atoms with Gasteiger partial charge in [0.2, 0.25) is 17.7 Å². The number of carbonyl (C=O) groups is 6. The van der Waals surface area contributed by atoms with Gasteiger partial charge in [0.25, 0.3) is 0 Å². The van der Waals surface area contributed by atoms with Crippen LogP contribution in [0.2, 0.25) is 0 Å². The summed E-state index contributed by atoms with van der Waals surface area (Å²) in [6.07, 6.45) is 4.75. The maximum atomic E-state index is 12.7. The molecule has 0 bridgehead atoms. The van der Waals surface area contributed by atoms with Gasteiger partial charge in [-0.25, -0.2) is 0 Å². The zero-order valence-corrected chi connectivity index (χ0v) is 25.5. The molecule has 2 unspecified atom stereocenters. The second-order valence-electron chi connectivity index (χ2n) is 10.2. The van der Waals surface area contributed by atoms with E-state index in [9.17, 15) is 28.8 Å². The van der Waals surface area contributed by atoms with Crippen molar-refractivity contribution in [2.45, 2.75) is 76.3 Å². The van der Waals surface area contributed by atoms with Crippen LogP contribution in [0.5, 0.6) is 0 Å². The fourth-order valence-corrected chi connectivity index (χ4v) is 4.56. The summed E-state index contributed by atoms with van der Waals surface area (Å²) < 4.78 is 14.1. The highest BCUT2D eigenvalue weighted by Gasteiger charge is 2.32. The van der Waals surface area contributed by atoms with E-state index < -0.39 is 12.1 Å². The lowest BCUT2D eigenvalue weighted by atomic mass is 10.0. The number of nitrogens with one attached hydrogen (secondary N) is 3. The summed E-state index contributed by atoms with van der Waals surface area (Å²) in [5, 5.41) is 8.26. The molecule has 0 aromatic rings. The number of hydrogen-bond donors (Lipinski definition) is 3. The van der Waals surface area contributed by atoms with Crippen LogP contribution in [0.15, 0.2) is 0 Å². The Bertz CT molecular complexity index is 776. The molecule has 0 aromatic heterocycles. The van der Waals surface area contributed by atoms with E-state index in [-0.39, 0.29) is 54.9 Å². The van der Waals surface area contributed by atoms with E-state index in [0.717, 1.165) is 12.8 Å². The smallest absolute Gasteiger partial charge is 0.306 e. The summed E-state index contributed by atoms with van der Waals surface area (Å²) in [6, 6.07) is -1.21. The van der Waals surface area contributed by atoms with Crippen LogP contribution in [-0.2, 0) is 43.0 Å². The highest BCUT2D eigenvalue weighted by molar-refractivity contribution is 5.96. The minimum Gasteiger partial charge on any atom is -0.469 e. The first kappa shape index (κ1) is 36.8. The number of hydrogen-bond acceptors (Lipinski definition) is 11. The molecule has 3 N–H and O–H groups in total. The molecule has 14 nitrogen and oxygen atoms in total. The van der Waals surface area contributed by atoms with Crippen LogP contribution in [0, 0.1) is 0 Å². The summed E-state index contributed by atoms with van der Waals surface area (Å²) in [5.74, 6) is -1.47. The first-order chi connectivity index (χ1) is 20.1. The molecular formula is C28H49N5O9. The number of piperazine rings is 1. The Kier molecular flexibility index (Phi) is 18.8. The molecule has 1 aliphatic heterocycles. The predicted octanol–water partition coefficient (Wildman–Crippen LogP) is -0.260. The molecule has 0 saturated carbocycles. The topological polar surface area (TPSA) is 173 Å². The number of esters is 3. The zero-order chi connectivity index (χ0) is 31.3. The van der Waals surface area contributed by atoms with Gasteiger partial charge in [-0.3, -0.25) is 28.8 Å². The van der Waals surface area contributed by atoms with E-state index in [4.69, 9.17) is 14.2 Å². The molecule has 0 aliphatic carbocycles. The lowest BCUT2D eigenvalue weighted by Gasteiger charge is -2.30. The summed E-state index contributed by atoms with van der Waals surface area (Å²) in [4.78, 5) is 75.5. The quantitative estimate of drug-likeness (QED) is 0.0850. The number of nitrogens with zero attached hydrogens (tertiary/aromatic N) is 2. The van der Waals surface area contributed by atoms with Gasteiger partial charge in [0.1, 0.15) is 12.1 Å². The summed E-state index contributed by atoms with van der Waals surface area (Å²) in [5.41, 5.74) is 0. The Balaban J connectivity index is 2.43. The molecule has 0 aromatic carbocycles. The van der Waals surface area contributed by atoms with Crippen LogP contribution in [-0.4, -0.2) is 125 Å². The van der Waals surface area contributed by atoms with Gasteiger partial charge in [-0.2, -0.15) is 0 Å². The van der Waals surface area contributed by atoms with Crippen molar-refractivity contribution in [1.29, 1.82) is 0 Å². The van der Waals surface area contributed by atoms with Crippen LogP contribution in [0.1, 0.15) is 64.2 Å². The van der Waals surface area contributed by atoms with Crippen LogP contribution >= 0.6 is 0 Å². The van der Waals surface area contributed by atoms with Gasteiger partial charge in [0, 0.05) is 39.6 Å². The molecule has 3 amide bonds. The van der Waals surface area contributed by atoms with Gasteiger partial charge in [-0.15, -0.1) is 0 Å². The minimum atomic E-state index is -0.606. The maximum absolute atomic E-state index is 12.7. The molecule has 1 fully saturated rings. The van der Waals surface area contributed by atoms with Crippen molar-refractivity contribution < 1.29 is 43.0 Å². The van der Waals surface area contributed by atoms with E-state index in [1.54, 1.807) is 7.05 Å². The van der Waals surface area contributed by atoms with Gasteiger partial charge >= 0.3 is 17.9 Å². The lowest BCUT2D eigenvalue weighted by Crippen LogP contribution is -2.61. The van der Waals surface area contributed by atoms with Gasteiger partial charge in [0.05, 0.1) is 40.6 Å². The van der Waals surface area contributed by atoms with E-state index in [0.29, 0.717) is 71.4 Å². The number of ether oxygens (including phenoxy) is 3. The predicted molar refractivity (Wildman–Crippen MR) is 153 cm³/mol. The molecule has 0 spiro atoms. The highest BCUT2D eigenvalue weighted by Crippen LogP contribution is 2.12. The van der Waals surface area contributed by atoms with E-state index >= 15 is 0 Å². The third kappa shape index (κ3) is 15.7. The number of unbranched alkanes of at least 4 members (excludes halogenated alkanes) is 2. The van der Waals surface area contributed by atoms with E-state index in [1.807, 2.05) is 9.80 Å². The molecule has 1 aliphatic rings. The van der Waals surface area contributed by atoms with Gasteiger partial charge in [0.15, 0.2) is 0 Å².